The second-order valence-corrected chi connectivity index (χ2v) is 7.38. The molecule has 1 aromatic carbocycles. The van der Waals surface area contributed by atoms with E-state index in [0.29, 0.717) is 5.69 Å². The van der Waals surface area contributed by atoms with E-state index in [1.807, 2.05) is 28.9 Å². The van der Waals surface area contributed by atoms with E-state index in [1.165, 1.54) is 12.1 Å². The van der Waals surface area contributed by atoms with Gasteiger partial charge >= 0.3 is 6.18 Å². The molecule has 1 fully saturated rings. The zero-order valence-electron chi connectivity index (χ0n) is 16.2. The number of carbonyl (C=O) groups is 1. The summed E-state index contributed by atoms with van der Waals surface area (Å²) in [5.41, 5.74) is 1.43. The van der Waals surface area contributed by atoms with Crippen LogP contribution in [0.5, 0.6) is 0 Å². The fourth-order valence-corrected chi connectivity index (χ4v) is 3.77. The van der Waals surface area contributed by atoms with Gasteiger partial charge in [-0.05, 0) is 49.2 Å². The Morgan fingerprint density at radius 3 is 2.60 bits per heavy atom. The van der Waals surface area contributed by atoms with Crippen LogP contribution in [-0.2, 0) is 12.7 Å². The molecular weight excluding hydrogens is 393 g/mol. The first-order valence-electron chi connectivity index (χ1n) is 9.87. The molecule has 2 aromatic heterocycles. The van der Waals surface area contributed by atoms with Crippen LogP contribution in [0, 0.1) is 0 Å². The summed E-state index contributed by atoms with van der Waals surface area (Å²) in [5, 5.41) is 7.35. The smallest absolute Gasteiger partial charge is 0.346 e. The summed E-state index contributed by atoms with van der Waals surface area (Å²) < 4.78 is 40.6. The highest BCUT2D eigenvalue weighted by Crippen LogP contribution is 2.33. The summed E-state index contributed by atoms with van der Waals surface area (Å²) in [7, 11) is 0. The van der Waals surface area contributed by atoms with E-state index in [-0.39, 0.29) is 18.2 Å². The van der Waals surface area contributed by atoms with Gasteiger partial charge in [-0.1, -0.05) is 25.0 Å². The lowest BCUT2D eigenvalue weighted by molar-refractivity contribution is -0.137. The van der Waals surface area contributed by atoms with Crippen LogP contribution in [-0.4, -0.2) is 20.7 Å². The van der Waals surface area contributed by atoms with Crippen molar-refractivity contribution < 1.29 is 18.0 Å². The average Bonchev–Trinajstić information content (AvgIpc) is 3.42. The Bertz CT molecular complexity index is 1020. The van der Waals surface area contributed by atoms with Gasteiger partial charge in [-0.15, -0.1) is 0 Å². The molecule has 0 atom stereocenters. The monoisotopic (exact) mass is 414 g/mol. The van der Waals surface area contributed by atoms with E-state index >= 15 is 0 Å². The van der Waals surface area contributed by atoms with Crippen LogP contribution in [0.25, 0.3) is 11.4 Å². The third-order valence-corrected chi connectivity index (χ3v) is 5.27. The summed E-state index contributed by atoms with van der Waals surface area (Å²) in [4.78, 5) is 16.8. The van der Waals surface area contributed by atoms with Crippen LogP contribution in [0.3, 0.4) is 0 Å². The largest absolute Gasteiger partial charge is 0.416 e. The number of alkyl halides is 3. The molecule has 0 radical (unpaired) electrons. The lowest BCUT2D eigenvalue weighted by atomic mass is 10.1. The van der Waals surface area contributed by atoms with Gasteiger partial charge in [0.2, 0.25) is 0 Å². The van der Waals surface area contributed by atoms with Crippen molar-refractivity contribution in [3.63, 3.8) is 0 Å². The molecule has 30 heavy (non-hydrogen) atoms. The number of rotatable bonds is 5. The fraction of sp³-hybridized carbons (Fsp3) is 0.318. The van der Waals surface area contributed by atoms with Crippen molar-refractivity contribution in [3.05, 3.63) is 71.5 Å². The molecule has 1 aliphatic carbocycles. The summed E-state index contributed by atoms with van der Waals surface area (Å²) in [6.07, 6.45) is 1.60. The van der Waals surface area contributed by atoms with Gasteiger partial charge in [0.05, 0.1) is 35.2 Å². The fourth-order valence-electron chi connectivity index (χ4n) is 3.77. The summed E-state index contributed by atoms with van der Waals surface area (Å²) in [6.45, 7) is 0.120. The maximum Gasteiger partial charge on any atom is 0.416 e. The Hall–Kier alpha value is -3.16. The number of pyridine rings is 1. The summed E-state index contributed by atoms with van der Waals surface area (Å²) >= 11 is 0. The Morgan fingerprint density at radius 2 is 1.90 bits per heavy atom. The molecule has 0 spiro atoms. The molecule has 1 N–H and O–H groups in total. The Labute approximate surface area is 171 Å². The number of nitrogens with zero attached hydrogens (tertiary/aromatic N) is 3. The van der Waals surface area contributed by atoms with Crippen molar-refractivity contribution in [3.8, 4) is 11.4 Å². The number of carbonyl (C=O) groups excluding carboxylic acids is 1. The van der Waals surface area contributed by atoms with Gasteiger partial charge in [0.15, 0.2) is 0 Å². The van der Waals surface area contributed by atoms with Gasteiger partial charge in [0, 0.05) is 11.8 Å². The van der Waals surface area contributed by atoms with E-state index in [1.54, 1.807) is 6.20 Å². The molecule has 0 unspecified atom stereocenters. The van der Waals surface area contributed by atoms with Crippen LogP contribution in [0.1, 0.15) is 53.3 Å². The van der Waals surface area contributed by atoms with Gasteiger partial charge in [-0.25, -0.2) is 0 Å². The van der Waals surface area contributed by atoms with E-state index in [9.17, 15) is 18.0 Å². The normalized spacial score (nSPS) is 14.8. The van der Waals surface area contributed by atoms with Crippen molar-refractivity contribution >= 4 is 5.91 Å². The van der Waals surface area contributed by atoms with Crippen LogP contribution in [0.4, 0.5) is 13.2 Å². The third kappa shape index (κ3) is 4.37. The number of hydrogen-bond donors (Lipinski definition) is 1. The molecule has 156 valence electrons. The number of amides is 1. The molecule has 0 saturated heterocycles. The zero-order valence-corrected chi connectivity index (χ0v) is 16.2. The molecule has 3 aromatic rings. The van der Waals surface area contributed by atoms with Crippen molar-refractivity contribution in [2.45, 2.75) is 44.4 Å². The van der Waals surface area contributed by atoms with Gasteiger partial charge in [-0.3, -0.25) is 14.5 Å². The first-order valence-corrected chi connectivity index (χ1v) is 9.87. The highest BCUT2D eigenvalue weighted by molar-refractivity contribution is 5.94. The molecule has 0 aliphatic heterocycles. The number of nitrogens with one attached hydrogen (secondary N) is 1. The van der Waals surface area contributed by atoms with E-state index in [2.05, 4.69) is 15.4 Å². The van der Waals surface area contributed by atoms with E-state index < -0.39 is 17.6 Å². The number of benzene rings is 1. The van der Waals surface area contributed by atoms with Crippen molar-refractivity contribution in [2.24, 2.45) is 0 Å². The standard InChI is InChI=1S/C22H21F3N4O/c23-22(24,25)16-7-5-6-15(12-16)21(30)27-14-17-13-20(19-10-3-4-11-26-19)29(28-17)18-8-1-2-9-18/h3-7,10-13,18H,1-2,8-9,14H2,(H,27,30). The quantitative estimate of drug-likeness (QED) is 0.639. The predicted octanol–water partition coefficient (Wildman–Crippen LogP) is 5.01. The van der Waals surface area contributed by atoms with Crippen LogP contribution < -0.4 is 5.32 Å². The second-order valence-electron chi connectivity index (χ2n) is 7.38. The number of halogens is 3. The summed E-state index contributed by atoms with van der Waals surface area (Å²) in [6, 6.07) is 12.2. The molecule has 0 bridgehead atoms. The minimum atomic E-state index is -4.49. The molecule has 1 aliphatic rings. The van der Waals surface area contributed by atoms with E-state index in [4.69, 9.17) is 0 Å². The molecule has 4 rings (SSSR count). The minimum absolute atomic E-state index is 0.0370. The molecule has 1 amide bonds. The lowest BCUT2D eigenvalue weighted by Crippen LogP contribution is -2.23. The lowest BCUT2D eigenvalue weighted by Gasteiger charge is -2.13. The van der Waals surface area contributed by atoms with Crippen LogP contribution in [0.15, 0.2) is 54.7 Å². The Balaban J connectivity index is 1.53. The first kappa shape index (κ1) is 20.1. The minimum Gasteiger partial charge on any atom is -0.346 e. The zero-order chi connectivity index (χ0) is 21.1. The maximum absolute atomic E-state index is 12.9. The predicted molar refractivity (Wildman–Crippen MR) is 106 cm³/mol. The molecular formula is C22H21F3N4O. The van der Waals surface area contributed by atoms with Gasteiger partial charge < -0.3 is 5.32 Å². The molecule has 1 saturated carbocycles. The van der Waals surface area contributed by atoms with Crippen molar-refractivity contribution in [1.82, 2.24) is 20.1 Å². The second kappa shape index (κ2) is 8.30. The molecule has 5 nitrogen and oxygen atoms in total. The molecule has 2 heterocycles. The van der Waals surface area contributed by atoms with Crippen LogP contribution in [0.2, 0.25) is 0 Å². The van der Waals surface area contributed by atoms with Gasteiger partial charge in [-0.2, -0.15) is 18.3 Å². The van der Waals surface area contributed by atoms with E-state index in [0.717, 1.165) is 49.2 Å². The van der Waals surface area contributed by atoms with Gasteiger partial charge in [0.25, 0.3) is 5.91 Å². The van der Waals surface area contributed by atoms with Gasteiger partial charge in [0.1, 0.15) is 0 Å². The molecule has 8 heteroatoms. The topological polar surface area (TPSA) is 59.8 Å². The Morgan fingerprint density at radius 1 is 1.10 bits per heavy atom. The summed E-state index contributed by atoms with van der Waals surface area (Å²) in [5.74, 6) is -0.573. The third-order valence-electron chi connectivity index (χ3n) is 5.27. The number of hydrogen-bond acceptors (Lipinski definition) is 3. The highest BCUT2D eigenvalue weighted by atomic mass is 19.4. The van der Waals surface area contributed by atoms with Crippen molar-refractivity contribution in [2.75, 3.05) is 0 Å². The first-order chi connectivity index (χ1) is 14.4. The average molecular weight is 414 g/mol. The Kier molecular flexibility index (Phi) is 5.57. The number of aromatic nitrogens is 3. The van der Waals surface area contributed by atoms with Crippen LogP contribution >= 0.6 is 0 Å². The maximum atomic E-state index is 12.9. The van der Waals surface area contributed by atoms with Crippen molar-refractivity contribution in [1.29, 1.82) is 0 Å². The highest BCUT2D eigenvalue weighted by Gasteiger charge is 2.31. The SMILES string of the molecule is O=C(NCc1cc(-c2ccccn2)n(C2CCCC2)n1)c1cccc(C(F)(F)F)c1.